The molecule has 6 fully saturated rings. The highest BCUT2D eigenvalue weighted by molar-refractivity contribution is 7.62. The molecule has 0 saturated heterocycles. The molecular weight excluding hydrogens is 675 g/mol. The fraction of sp³-hybridized carbons (Fsp3) is 0.725. The normalized spacial score (nSPS) is 27.5. The van der Waals surface area contributed by atoms with Gasteiger partial charge in [-0.1, -0.05) is 192 Å². The van der Waals surface area contributed by atoms with E-state index in [1.54, 1.807) is 88.2 Å². The average Bonchev–Trinajstić information content (AvgIpc) is 3.61. The van der Waals surface area contributed by atoms with Crippen molar-refractivity contribution < 1.29 is 0 Å². The van der Waals surface area contributed by atoms with Crippen LogP contribution in [0.4, 0.5) is 0 Å². The molecule has 7 aliphatic rings. The summed E-state index contributed by atoms with van der Waals surface area (Å²) in [4.78, 5) is 0. The highest BCUT2D eigenvalue weighted by atomic mass is 31.1. The van der Waals surface area contributed by atoms with Crippen LogP contribution in [0, 0.1) is 0 Å². The van der Waals surface area contributed by atoms with Crippen molar-refractivity contribution >= 4 is 21.4 Å². The minimum atomic E-state index is -0.122. The van der Waals surface area contributed by atoms with Crippen molar-refractivity contribution in [1.82, 2.24) is 0 Å². The molecule has 288 valence electrons. The van der Waals surface area contributed by atoms with Crippen molar-refractivity contribution in [2.24, 2.45) is 0 Å². The second-order valence-electron chi connectivity index (χ2n) is 19.4. The summed E-state index contributed by atoms with van der Waals surface area (Å²) in [6.45, 7) is 0. The average molecular weight is 749 g/mol. The van der Waals surface area contributed by atoms with E-state index in [-0.39, 0.29) is 21.3 Å². The lowest BCUT2D eigenvalue weighted by molar-refractivity contribution is 0.180. The smallest absolute Gasteiger partial charge is 0.0339 e. The molecular formula is C51H74P2. The van der Waals surface area contributed by atoms with Crippen LogP contribution in [0.2, 0.25) is 0 Å². The second-order valence-corrected chi connectivity index (χ2v) is 25.7. The Labute approximate surface area is 328 Å². The zero-order valence-corrected chi connectivity index (χ0v) is 35.5. The van der Waals surface area contributed by atoms with Gasteiger partial charge in [0.15, 0.2) is 0 Å². The predicted octanol–water partition coefficient (Wildman–Crippen LogP) is 16.1. The summed E-state index contributed by atoms with van der Waals surface area (Å²) in [5.74, 6) is 0. The maximum Gasteiger partial charge on any atom is 0.0339 e. The molecule has 9 rings (SSSR count). The molecule has 0 aromatic heterocycles. The first-order valence-electron chi connectivity index (χ1n) is 23.7. The molecule has 53 heavy (non-hydrogen) atoms. The summed E-state index contributed by atoms with van der Waals surface area (Å²) in [5, 5.41) is 0.886. The lowest BCUT2D eigenvalue weighted by atomic mass is 9.55. The molecule has 0 spiro atoms. The number of benzene rings is 2. The summed E-state index contributed by atoms with van der Waals surface area (Å²) < 4.78 is 0. The van der Waals surface area contributed by atoms with Crippen molar-refractivity contribution in [3.63, 3.8) is 0 Å². The summed E-state index contributed by atoms with van der Waals surface area (Å²) in [6.07, 6.45) is 49.0. The molecule has 0 radical (unpaired) electrons. The van der Waals surface area contributed by atoms with Gasteiger partial charge in [0.2, 0.25) is 0 Å². The van der Waals surface area contributed by atoms with Gasteiger partial charge in [0.1, 0.15) is 0 Å². The molecule has 0 aliphatic heterocycles. The van der Waals surface area contributed by atoms with Crippen LogP contribution >= 0.6 is 15.8 Å². The van der Waals surface area contributed by atoms with Gasteiger partial charge in [-0.05, 0) is 122 Å². The van der Waals surface area contributed by atoms with Crippen LogP contribution in [0.25, 0.3) is 5.57 Å². The van der Waals surface area contributed by atoms with Crippen molar-refractivity contribution in [1.29, 1.82) is 0 Å². The molecule has 6 saturated carbocycles. The summed E-state index contributed by atoms with van der Waals surface area (Å²) in [5.41, 5.74) is 10.9. The highest BCUT2D eigenvalue weighted by Gasteiger charge is 2.70. The molecule has 2 heteroatoms. The van der Waals surface area contributed by atoms with Gasteiger partial charge in [0, 0.05) is 15.7 Å². The van der Waals surface area contributed by atoms with E-state index in [1.165, 1.54) is 121 Å². The first-order valence-corrected chi connectivity index (χ1v) is 26.7. The Kier molecular flexibility index (Phi) is 12.0. The van der Waals surface area contributed by atoms with Gasteiger partial charge in [0.05, 0.1) is 0 Å². The largest absolute Gasteiger partial charge is 0.0927 e. The molecule has 0 unspecified atom stereocenters. The third-order valence-electron chi connectivity index (χ3n) is 16.8. The Morgan fingerprint density at radius 2 is 0.736 bits per heavy atom. The van der Waals surface area contributed by atoms with Crippen LogP contribution in [-0.4, -0.2) is 32.9 Å². The van der Waals surface area contributed by atoms with Crippen LogP contribution in [0.5, 0.6) is 0 Å². The zero-order valence-electron chi connectivity index (χ0n) is 33.7. The Balaban J connectivity index is 1.37. The lowest BCUT2D eigenvalue weighted by Crippen LogP contribution is -2.65. The number of hydrogen-bond acceptors (Lipinski definition) is 0. The van der Waals surface area contributed by atoms with Crippen molar-refractivity contribution in [3.8, 4) is 0 Å². The van der Waals surface area contributed by atoms with E-state index in [0.29, 0.717) is 10.3 Å². The summed E-state index contributed by atoms with van der Waals surface area (Å²) in [7, 11) is -0.244. The van der Waals surface area contributed by atoms with Crippen LogP contribution < -0.4 is 0 Å². The molecule has 0 atom stereocenters. The van der Waals surface area contributed by atoms with E-state index in [4.69, 9.17) is 0 Å². The fourth-order valence-corrected chi connectivity index (χ4v) is 26.0. The molecule has 0 N–H and O–H groups in total. The van der Waals surface area contributed by atoms with Crippen LogP contribution in [0.15, 0.2) is 60.7 Å². The van der Waals surface area contributed by atoms with Gasteiger partial charge < -0.3 is 0 Å². The van der Waals surface area contributed by atoms with Gasteiger partial charge >= 0.3 is 0 Å². The van der Waals surface area contributed by atoms with E-state index >= 15 is 0 Å². The van der Waals surface area contributed by atoms with Gasteiger partial charge in [-0.3, -0.25) is 0 Å². The van der Waals surface area contributed by atoms with Crippen molar-refractivity contribution in [2.45, 2.75) is 231 Å². The maximum absolute atomic E-state index is 3.23. The minimum absolute atomic E-state index is 0.122. The highest BCUT2D eigenvalue weighted by Crippen LogP contribution is 2.83. The number of hydrogen-bond donors (Lipinski definition) is 0. The summed E-state index contributed by atoms with van der Waals surface area (Å²) >= 11 is 0. The second kappa shape index (κ2) is 16.9. The Morgan fingerprint density at radius 1 is 0.377 bits per heavy atom. The minimum Gasteiger partial charge on any atom is -0.0927 e. The molecule has 2 aromatic rings. The number of allylic oxidation sites excluding steroid dienone is 1. The predicted molar refractivity (Wildman–Crippen MR) is 235 cm³/mol. The Morgan fingerprint density at radius 3 is 1.15 bits per heavy atom. The van der Waals surface area contributed by atoms with Gasteiger partial charge in [-0.25, -0.2) is 0 Å². The number of fused-ring (bicyclic) bond motifs is 1. The summed E-state index contributed by atoms with van der Waals surface area (Å²) in [6, 6.07) is 22.4. The molecule has 0 bridgehead atoms. The molecule has 7 aliphatic carbocycles. The third kappa shape index (κ3) is 6.73. The fourth-order valence-electron chi connectivity index (χ4n) is 14.9. The first-order chi connectivity index (χ1) is 26.3. The quantitative estimate of drug-likeness (QED) is 0.224. The van der Waals surface area contributed by atoms with Crippen molar-refractivity contribution in [3.05, 3.63) is 77.4 Å². The van der Waals surface area contributed by atoms with Crippen molar-refractivity contribution in [2.75, 3.05) is 0 Å². The zero-order chi connectivity index (χ0) is 35.6. The first kappa shape index (κ1) is 37.6. The SMILES string of the molecule is C1=C(c2ccccc2)c2ccccc2C1(C1(P(C2CCCCC2)C2CCCCC2)CCCCC1)C1(P(C2CCCCC2)C2CCCCC2)CCCCC1. The monoisotopic (exact) mass is 749 g/mol. The van der Waals surface area contributed by atoms with E-state index in [2.05, 4.69) is 60.7 Å². The van der Waals surface area contributed by atoms with E-state index in [9.17, 15) is 0 Å². The van der Waals surface area contributed by atoms with E-state index in [1.807, 2.05) is 5.56 Å². The maximum atomic E-state index is 3.23. The van der Waals surface area contributed by atoms with Gasteiger partial charge in [-0.2, -0.15) is 0 Å². The Hall–Kier alpha value is -0.960. The van der Waals surface area contributed by atoms with Gasteiger partial charge in [-0.15, -0.1) is 0 Å². The van der Waals surface area contributed by atoms with E-state index < -0.39 is 0 Å². The van der Waals surface area contributed by atoms with Gasteiger partial charge in [0.25, 0.3) is 0 Å². The number of rotatable bonds is 9. The molecule has 0 nitrogen and oxygen atoms in total. The van der Waals surface area contributed by atoms with Crippen LogP contribution in [0.3, 0.4) is 0 Å². The molecule has 2 aromatic carbocycles. The molecule has 0 heterocycles. The lowest BCUT2D eigenvalue weighted by Gasteiger charge is -2.69. The van der Waals surface area contributed by atoms with Crippen LogP contribution in [0.1, 0.15) is 209 Å². The van der Waals surface area contributed by atoms with E-state index in [0.717, 1.165) is 22.6 Å². The topological polar surface area (TPSA) is 0 Å². The standard InChI is InChI=1S/C51H74P2/c1-8-24-41(25-9-1)47-40-51(48-35-19-18-34-46(47)48,49(36-20-6-21-37-49)52(42-26-10-2-11-27-42)43-28-12-3-13-29-43)50(38-22-7-23-39-50)53(44-30-14-4-15-31-44)45-32-16-5-17-33-45/h1,8-9,18-19,24-25,34-35,40,42-45H,2-7,10-17,20-23,26-33,36-39H2. The van der Waals surface area contributed by atoms with Crippen LogP contribution in [-0.2, 0) is 5.41 Å². The Bertz CT molecular complexity index is 1390. The molecule has 0 amide bonds. The third-order valence-corrected chi connectivity index (χ3v) is 25.6.